The van der Waals surface area contributed by atoms with Crippen molar-refractivity contribution in [2.75, 3.05) is 4.90 Å². The molecule has 4 heteroatoms. The highest BCUT2D eigenvalue weighted by molar-refractivity contribution is 5.75. The minimum Gasteiger partial charge on any atom is -0.308 e. The first-order valence-corrected chi connectivity index (χ1v) is 9.08. The molecule has 0 bridgehead atoms. The van der Waals surface area contributed by atoms with Gasteiger partial charge in [0.2, 0.25) is 5.82 Å². The molecule has 0 amide bonds. The van der Waals surface area contributed by atoms with E-state index in [-0.39, 0.29) is 0 Å². The molecule has 4 aromatic rings. The van der Waals surface area contributed by atoms with E-state index in [0.717, 1.165) is 22.6 Å². The lowest BCUT2D eigenvalue weighted by atomic mass is 10.1. The van der Waals surface area contributed by atoms with Crippen molar-refractivity contribution in [3.05, 3.63) is 114 Å². The summed E-state index contributed by atoms with van der Waals surface area (Å²) in [4.78, 5) is 10.9. The highest BCUT2D eigenvalue weighted by Crippen LogP contribution is 2.32. The topological polar surface area (TPSA) is 52.8 Å². The molecular weight excluding hydrogens is 356 g/mol. The molecule has 4 rings (SSSR count). The van der Waals surface area contributed by atoms with Gasteiger partial charge in [0.05, 0.1) is 29.7 Å². The van der Waals surface area contributed by atoms with E-state index in [2.05, 4.69) is 32.8 Å². The standard InChI is InChI=1S/C25H16N4/c26-17-21-13-11-20(12-14-21)15-16-25-27-18-24(19-28-25)29(22-7-3-1-4-8-22)23-9-5-2-6-10-23/h1-14,18-19H. The van der Waals surface area contributed by atoms with Gasteiger partial charge in [0, 0.05) is 16.9 Å². The molecule has 4 nitrogen and oxygen atoms in total. The molecular formula is C25H16N4. The number of aromatic nitrogens is 2. The first-order chi connectivity index (χ1) is 14.3. The summed E-state index contributed by atoms with van der Waals surface area (Å²) in [6, 6.07) is 29.4. The Balaban J connectivity index is 1.63. The fraction of sp³-hybridized carbons (Fsp3) is 0. The van der Waals surface area contributed by atoms with Crippen LogP contribution in [-0.4, -0.2) is 9.97 Å². The molecule has 29 heavy (non-hydrogen) atoms. The zero-order valence-electron chi connectivity index (χ0n) is 15.5. The van der Waals surface area contributed by atoms with Crippen molar-refractivity contribution in [1.29, 1.82) is 5.26 Å². The van der Waals surface area contributed by atoms with Gasteiger partial charge in [-0.15, -0.1) is 0 Å². The van der Waals surface area contributed by atoms with Crippen molar-refractivity contribution < 1.29 is 0 Å². The molecule has 0 radical (unpaired) electrons. The van der Waals surface area contributed by atoms with E-state index in [1.807, 2.05) is 72.8 Å². The molecule has 136 valence electrons. The van der Waals surface area contributed by atoms with E-state index < -0.39 is 0 Å². The maximum atomic E-state index is 8.86. The van der Waals surface area contributed by atoms with Crippen molar-refractivity contribution in [2.24, 2.45) is 0 Å². The van der Waals surface area contributed by atoms with Crippen molar-refractivity contribution in [1.82, 2.24) is 9.97 Å². The van der Waals surface area contributed by atoms with E-state index in [9.17, 15) is 0 Å². The number of nitrogens with zero attached hydrogens (tertiary/aromatic N) is 4. The minimum atomic E-state index is 0.444. The minimum absolute atomic E-state index is 0.444. The summed E-state index contributed by atoms with van der Waals surface area (Å²) in [5, 5.41) is 8.86. The number of benzene rings is 3. The number of rotatable bonds is 3. The number of nitriles is 1. The maximum absolute atomic E-state index is 8.86. The predicted octanol–water partition coefficient (Wildman–Crippen LogP) is 5.22. The van der Waals surface area contributed by atoms with Gasteiger partial charge in [-0.2, -0.15) is 5.26 Å². The molecule has 0 saturated carbocycles. The first kappa shape index (κ1) is 18.0. The van der Waals surface area contributed by atoms with Crippen LogP contribution in [0.5, 0.6) is 0 Å². The third-order valence-electron chi connectivity index (χ3n) is 4.26. The van der Waals surface area contributed by atoms with Gasteiger partial charge in [0.1, 0.15) is 0 Å². The van der Waals surface area contributed by atoms with Gasteiger partial charge < -0.3 is 4.90 Å². The molecule has 0 fully saturated rings. The largest absolute Gasteiger partial charge is 0.308 e. The summed E-state index contributed by atoms with van der Waals surface area (Å²) in [5.41, 5.74) is 4.33. The second-order valence-electron chi connectivity index (χ2n) is 6.21. The molecule has 3 aromatic carbocycles. The second-order valence-corrected chi connectivity index (χ2v) is 6.21. The van der Waals surface area contributed by atoms with Crippen molar-refractivity contribution >= 4 is 17.1 Å². The summed E-state index contributed by atoms with van der Waals surface area (Å²) in [5.74, 6) is 6.44. The average molecular weight is 372 g/mol. The summed E-state index contributed by atoms with van der Waals surface area (Å²) in [7, 11) is 0. The zero-order valence-corrected chi connectivity index (χ0v) is 15.5. The third kappa shape index (κ3) is 4.30. The van der Waals surface area contributed by atoms with Crippen LogP contribution in [0.4, 0.5) is 17.1 Å². The predicted molar refractivity (Wildman–Crippen MR) is 114 cm³/mol. The Morgan fingerprint density at radius 2 is 1.10 bits per heavy atom. The number of anilines is 3. The highest BCUT2D eigenvalue weighted by Gasteiger charge is 2.12. The Morgan fingerprint density at radius 1 is 0.586 bits per heavy atom. The lowest BCUT2D eigenvalue weighted by Crippen LogP contribution is -2.10. The van der Waals surface area contributed by atoms with Gasteiger partial charge in [-0.25, -0.2) is 9.97 Å². The first-order valence-electron chi connectivity index (χ1n) is 9.08. The van der Waals surface area contributed by atoms with Crippen molar-refractivity contribution in [3.63, 3.8) is 0 Å². The van der Waals surface area contributed by atoms with E-state index >= 15 is 0 Å². The van der Waals surface area contributed by atoms with Crippen molar-refractivity contribution in [2.45, 2.75) is 0 Å². The van der Waals surface area contributed by atoms with Crippen LogP contribution in [0.2, 0.25) is 0 Å². The number of hydrogen-bond acceptors (Lipinski definition) is 4. The smallest absolute Gasteiger partial charge is 0.205 e. The van der Waals surface area contributed by atoms with Gasteiger partial charge in [-0.05, 0) is 54.5 Å². The second kappa shape index (κ2) is 8.52. The van der Waals surface area contributed by atoms with E-state index in [1.54, 1.807) is 24.5 Å². The van der Waals surface area contributed by atoms with Gasteiger partial charge in [0.15, 0.2) is 0 Å². The Labute approximate surface area is 169 Å². The van der Waals surface area contributed by atoms with Gasteiger partial charge in [-0.3, -0.25) is 0 Å². The van der Waals surface area contributed by atoms with Gasteiger partial charge >= 0.3 is 0 Å². The lowest BCUT2D eigenvalue weighted by molar-refractivity contribution is 1.10. The molecule has 0 atom stereocenters. The van der Waals surface area contributed by atoms with Crippen LogP contribution in [0, 0.1) is 23.2 Å². The molecule has 0 saturated heterocycles. The number of hydrogen-bond donors (Lipinski definition) is 0. The van der Waals surface area contributed by atoms with E-state index in [0.29, 0.717) is 11.4 Å². The SMILES string of the molecule is N#Cc1ccc(C#Cc2ncc(N(c3ccccc3)c3ccccc3)cn2)cc1. The molecule has 1 aromatic heterocycles. The Bertz CT molecular complexity index is 1140. The van der Waals surface area contributed by atoms with E-state index in [1.165, 1.54) is 0 Å². The molecule has 0 N–H and O–H groups in total. The molecule has 0 spiro atoms. The van der Waals surface area contributed by atoms with Crippen molar-refractivity contribution in [3.8, 4) is 17.9 Å². The molecule has 0 aliphatic heterocycles. The number of para-hydroxylation sites is 2. The zero-order chi connectivity index (χ0) is 19.9. The van der Waals surface area contributed by atoms with Gasteiger partial charge in [0.25, 0.3) is 0 Å². The summed E-state index contributed by atoms with van der Waals surface area (Å²) in [6.07, 6.45) is 3.55. The molecule has 0 aliphatic carbocycles. The summed E-state index contributed by atoms with van der Waals surface area (Å²) in [6.45, 7) is 0. The average Bonchev–Trinajstić information content (AvgIpc) is 2.80. The van der Waals surface area contributed by atoms with Crippen LogP contribution < -0.4 is 4.90 Å². The van der Waals surface area contributed by atoms with Crippen LogP contribution >= 0.6 is 0 Å². The molecule has 1 heterocycles. The Kier molecular flexibility index (Phi) is 5.28. The van der Waals surface area contributed by atoms with Gasteiger partial charge in [-0.1, -0.05) is 42.3 Å². The van der Waals surface area contributed by atoms with Crippen LogP contribution in [-0.2, 0) is 0 Å². The van der Waals surface area contributed by atoms with Crippen LogP contribution in [0.1, 0.15) is 17.0 Å². The lowest BCUT2D eigenvalue weighted by Gasteiger charge is -2.24. The molecule has 0 aliphatic rings. The fourth-order valence-electron chi connectivity index (χ4n) is 2.86. The van der Waals surface area contributed by atoms with Crippen LogP contribution in [0.25, 0.3) is 0 Å². The Hall–Kier alpha value is -4.41. The monoisotopic (exact) mass is 372 g/mol. The highest BCUT2D eigenvalue weighted by atomic mass is 15.2. The normalized spacial score (nSPS) is 9.76. The maximum Gasteiger partial charge on any atom is 0.205 e. The molecule has 0 unspecified atom stereocenters. The van der Waals surface area contributed by atoms with E-state index in [4.69, 9.17) is 5.26 Å². The Morgan fingerprint density at radius 3 is 1.62 bits per heavy atom. The third-order valence-corrected chi connectivity index (χ3v) is 4.26. The fourth-order valence-corrected chi connectivity index (χ4v) is 2.86. The quantitative estimate of drug-likeness (QED) is 0.463. The summed E-state index contributed by atoms with van der Waals surface area (Å²) >= 11 is 0. The summed E-state index contributed by atoms with van der Waals surface area (Å²) < 4.78 is 0. The van der Waals surface area contributed by atoms with Crippen LogP contribution in [0.3, 0.4) is 0 Å². The van der Waals surface area contributed by atoms with Crippen LogP contribution in [0.15, 0.2) is 97.3 Å².